The van der Waals surface area contributed by atoms with Crippen molar-refractivity contribution in [2.45, 2.75) is 13.0 Å². The van der Waals surface area contributed by atoms with E-state index in [0.29, 0.717) is 16.7 Å². The highest BCUT2D eigenvalue weighted by atomic mass is 35.5. The molecule has 0 aliphatic rings. The van der Waals surface area contributed by atoms with E-state index in [1.807, 2.05) is 0 Å². The van der Waals surface area contributed by atoms with Crippen LogP contribution >= 0.6 is 11.6 Å². The zero-order valence-electron chi connectivity index (χ0n) is 6.82. The number of aliphatic hydroxyl groups is 1. The van der Waals surface area contributed by atoms with Gasteiger partial charge in [-0.15, -0.1) is 0 Å². The largest absolute Gasteiger partial charge is 0.387 e. The number of hydrogen-bond acceptors (Lipinski definition) is 4. The molecule has 2 heterocycles. The summed E-state index contributed by atoms with van der Waals surface area (Å²) in [5.41, 5.74) is 1.03. The van der Waals surface area contributed by atoms with E-state index in [-0.39, 0.29) is 5.28 Å². The van der Waals surface area contributed by atoms with Crippen molar-refractivity contribution in [3.8, 4) is 0 Å². The number of aliphatic hydroxyl groups excluding tert-OH is 1. The third-order valence-corrected chi connectivity index (χ3v) is 1.88. The molecule has 0 saturated carbocycles. The lowest BCUT2D eigenvalue weighted by Gasteiger charge is -2.03. The first-order valence-electron chi connectivity index (χ1n) is 3.73. The number of aromatic nitrogens is 4. The van der Waals surface area contributed by atoms with Crippen LogP contribution in [0.1, 0.15) is 18.7 Å². The predicted octanol–water partition coefficient (Wildman–Crippen LogP) is 1.06. The summed E-state index contributed by atoms with van der Waals surface area (Å²) in [6, 6.07) is 0. The summed E-state index contributed by atoms with van der Waals surface area (Å²) < 4.78 is 0. The number of nitrogens with zero attached hydrogens (tertiary/aromatic N) is 3. The van der Waals surface area contributed by atoms with Gasteiger partial charge in [0, 0.05) is 0 Å². The molecule has 0 aliphatic heterocycles. The van der Waals surface area contributed by atoms with E-state index in [4.69, 9.17) is 11.6 Å². The van der Waals surface area contributed by atoms with Gasteiger partial charge in [0.2, 0.25) is 5.28 Å². The van der Waals surface area contributed by atoms with Gasteiger partial charge in [0.1, 0.15) is 0 Å². The van der Waals surface area contributed by atoms with E-state index in [2.05, 4.69) is 20.2 Å². The zero-order valence-corrected chi connectivity index (χ0v) is 7.58. The summed E-state index contributed by atoms with van der Waals surface area (Å²) in [6.07, 6.45) is 0.883. The first-order valence-corrected chi connectivity index (χ1v) is 4.11. The Labute approximate surface area is 78.8 Å². The third-order valence-electron chi connectivity index (χ3n) is 1.71. The Kier molecular flexibility index (Phi) is 1.90. The molecule has 0 saturated heterocycles. The number of H-pyrrole nitrogens is 1. The maximum absolute atomic E-state index is 9.37. The van der Waals surface area contributed by atoms with E-state index >= 15 is 0 Å². The van der Waals surface area contributed by atoms with Gasteiger partial charge in [-0.1, -0.05) is 0 Å². The van der Waals surface area contributed by atoms with E-state index in [0.717, 1.165) is 0 Å². The van der Waals surface area contributed by atoms with E-state index in [1.54, 1.807) is 13.1 Å². The number of rotatable bonds is 1. The minimum atomic E-state index is -0.680. The number of fused-ring (bicyclic) bond motifs is 1. The number of halogens is 1. The highest BCUT2D eigenvalue weighted by molar-refractivity contribution is 6.28. The van der Waals surface area contributed by atoms with Gasteiger partial charge in [0.15, 0.2) is 5.65 Å². The first kappa shape index (κ1) is 8.40. The van der Waals surface area contributed by atoms with Gasteiger partial charge in [-0.2, -0.15) is 10.1 Å². The second kappa shape index (κ2) is 2.93. The van der Waals surface area contributed by atoms with Crippen LogP contribution in [0, 0.1) is 0 Å². The van der Waals surface area contributed by atoms with Crippen LogP contribution in [0.2, 0.25) is 5.28 Å². The molecule has 0 bridgehead atoms. The molecular weight excluding hydrogens is 192 g/mol. The Balaban J connectivity index is 2.77. The van der Waals surface area contributed by atoms with Crippen LogP contribution in [-0.4, -0.2) is 25.3 Å². The average molecular weight is 199 g/mol. The lowest BCUT2D eigenvalue weighted by molar-refractivity contribution is 0.196. The zero-order chi connectivity index (χ0) is 9.42. The van der Waals surface area contributed by atoms with Crippen molar-refractivity contribution < 1.29 is 5.11 Å². The van der Waals surface area contributed by atoms with Gasteiger partial charge in [-0.05, 0) is 18.5 Å². The number of hydrogen-bond donors (Lipinski definition) is 2. The summed E-state index contributed by atoms with van der Waals surface area (Å²) in [5.74, 6) is 0. The Morgan fingerprint density at radius 1 is 1.54 bits per heavy atom. The molecule has 2 aromatic heterocycles. The van der Waals surface area contributed by atoms with Crippen molar-refractivity contribution in [2.75, 3.05) is 0 Å². The Morgan fingerprint density at radius 2 is 2.31 bits per heavy atom. The maximum atomic E-state index is 9.37. The average Bonchev–Trinajstić information content (AvgIpc) is 2.49. The third kappa shape index (κ3) is 1.36. The van der Waals surface area contributed by atoms with Gasteiger partial charge in [0.05, 0.1) is 23.4 Å². The predicted molar refractivity (Wildman–Crippen MR) is 47.3 cm³/mol. The van der Waals surface area contributed by atoms with Crippen molar-refractivity contribution in [3.63, 3.8) is 0 Å². The lowest BCUT2D eigenvalue weighted by atomic mass is 10.2. The molecule has 0 unspecified atom stereocenters. The fraction of sp³-hybridized carbons (Fsp3) is 0.286. The Hall–Kier alpha value is -1.20. The summed E-state index contributed by atoms with van der Waals surface area (Å²) >= 11 is 5.64. The molecule has 2 aromatic rings. The van der Waals surface area contributed by atoms with Crippen LogP contribution in [-0.2, 0) is 0 Å². The standard InChI is InChI=1S/C7H7ClN4O/c1-3(13)5-4-2-9-12-6(4)11-7(8)10-5/h2-3,13H,1H3,(H,9,10,11,12)/t3-/m1/s1. The molecule has 68 valence electrons. The summed E-state index contributed by atoms with van der Waals surface area (Å²) in [6.45, 7) is 1.62. The highest BCUT2D eigenvalue weighted by Gasteiger charge is 2.11. The van der Waals surface area contributed by atoms with Crippen molar-refractivity contribution in [2.24, 2.45) is 0 Å². The number of nitrogens with one attached hydrogen (secondary N) is 1. The molecule has 0 spiro atoms. The SMILES string of the molecule is C[C@@H](O)c1nc(Cl)nc2[nH]ncc12. The molecule has 0 aromatic carbocycles. The molecule has 2 N–H and O–H groups in total. The topological polar surface area (TPSA) is 74.7 Å². The van der Waals surface area contributed by atoms with E-state index < -0.39 is 6.10 Å². The molecule has 6 heteroatoms. The minimum Gasteiger partial charge on any atom is -0.387 e. The normalized spacial score (nSPS) is 13.5. The summed E-state index contributed by atoms with van der Waals surface area (Å²) in [5, 5.41) is 16.6. The number of aromatic amines is 1. The quantitative estimate of drug-likeness (QED) is 0.672. The van der Waals surface area contributed by atoms with Crippen LogP contribution in [0.5, 0.6) is 0 Å². The Morgan fingerprint density at radius 3 is 3.00 bits per heavy atom. The van der Waals surface area contributed by atoms with Crippen LogP contribution < -0.4 is 0 Å². The fourth-order valence-corrected chi connectivity index (χ4v) is 1.32. The monoisotopic (exact) mass is 198 g/mol. The van der Waals surface area contributed by atoms with Crippen LogP contribution in [0.4, 0.5) is 0 Å². The summed E-state index contributed by atoms with van der Waals surface area (Å²) in [7, 11) is 0. The van der Waals surface area contributed by atoms with Crippen LogP contribution in [0.15, 0.2) is 6.20 Å². The minimum absolute atomic E-state index is 0.104. The van der Waals surface area contributed by atoms with Gasteiger partial charge in [-0.3, -0.25) is 5.10 Å². The maximum Gasteiger partial charge on any atom is 0.224 e. The van der Waals surface area contributed by atoms with Crippen LogP contribution in [0.3, 0.4) is 0 Å². The van der Waals surface area contributed by atoms with Crippen LogP contribution in [0.25, 0.3) is 11.0 Å². The molecule has 0 aliphatic carbocycles. The molecule has 1 atom stereocenters. The summed E-state index contributed by atoms with van der Waals surface area (Å²) in [4.78, 5) is 7.82. The van der Waals surface area contributed by atoms with Gasteiger partial charge in [-0.25, -0.2) is 4.98 Å². The molecule has 2 rings (SSSR count). The van der Waals surface area contributed by atoms with Gasteiger partial charge < -0.3 is 5.11 Å². The lowest BCUT2D eigenvalue weighted by Crippen LogP contribution is -1.98. The van der Waals surface area contributed by atoms with Crippen molar-refractivity contribution in [3.05, 3.63) is 17.2 Å². The molecule has 5 nitrogen and oxygen atoms in total. The van der Waals surface area contributed by atoms with Crippen molar-refractivity contribution >= 4 is 22.6 Å². The second-order valence-electron chi connectivity index (χ2n) is 2.69. The van der Waals surface area contributed by atoms with Gasteiger partial charge >= 0.3 is 0 Å². The molecule has 13 heavy (non-hydrogen) atoms. The Bertz CT molecular complexity index is 439. The highest BCUT2D eigenvalue weighted by Crippen LogP contribution is 2.20. The smallest absolute Gasteiger partial charge is 0.224 e. The van der Waals surface area contributed by atoms with E-state index in [9.17, 15) is 5.11 Å². The molecular formula is C7H7ClN4O. The fourth-order valence-electron chi connectivity index (χ4n) is 1.15. The van der Waals surface area contributed by atoms with E-state index in [1.165, 1.54) is 0 Å². The van der Waals surface area contributed by atoms with Crippen molar-refractivity contribution in [1.82, 2.24) is 20.2 Å². The van der Waals surface area contributed by atoms with Crippen molar-refractivity contribution in [1.29, 1.82) is 0 Å². The molecule has 0 radical (unpaired) electrons. The molecule has 0 amide bonds. The second-order valence-corrected chi connectivity index (χ2v) is 3.02. The molecule has 0 fully saturated rings. The first-order chi connectivity index (χ1) is 6.18. The van der Waals surface area contributed by atoms with Gasteiger partial charge in [0.25, 0.3) is 0 Å².